The number of piperazine rings is 1. The summed E-state index contributed by atoms with van der Waals surface area (Å²) in [6.45, 7) is 4.99. The molecule has 2 aromatic rings. The van der Waals surface area contributed by atoms with E-state index in [4.69, 9.17) is 16.3 Å². The van der Waals surface area contributed by atoms with Crippen LogP contribution in [0.3, 0.4) is 0 Å². The van der Waals surface area contributed by atoms with Crippen molar-refractivity contribution in [2.24, 2.45) is 0 Å². The van der Waals surface area contributed by atoms with Gasteiger partial charge in [-0.05, 0) is 29.3 Å². The third-order valence-corrected chi connectivity index (χ3v) is 4.64. The van der Waals surface area contributed by atoms with E-state index in [0.717, 1.165) is 11.1 Å². The Kier molecular flexibility index (Phi) is 5.28. The van der Waals surface area contributed by atoms with E-state index >= 15 is 0 Å². The second kappa shape index (κ2) is 7.62. The molecule has 0 unspecified atom stereocenters. The number of hydrogen-bond donors (Lipinski definition) is 0. The first kappa shape index (κ1) is 18.0. The smallest absolute Gasteiger partial charge is 0.316 e. The Bertz CT molecular complexity index is 849. The predicted molar refractivity (Wildman–Crippen MR) is 102 cm³/mol. The maximum absolute atomic E-state index is 12.5. The number of hydrogen-bond acceptors (Lipinski definition) is 3. The van der Waals surface area contributed by atoms with Crippen molar-refractivity contribution in [1.29, 1.82) is 0 Å². The standard InChI is InChI=1S/C20H19ClN2O3/c1-3-14-4-6-15(7-5-14)13-22-10-11-23(20(25)19(22)24)16-8-9-18(26-2)17(21)12-16/h3-9,12H,1,10-11,13H2,2H3. The number of rotatable bonds is 5. The largest absolute Gasteiger partial charge is 0.495 e. The molecule has 26 heavy (non-hydrogen) atoms. The van der Waals surface area contributed by atoms with Gasteiger partial charge in [0.2, 0.25) is 0 Å². The van der Waals surface area contributed by atoms with Gasteiger partial charge < -0.3 is 14.5 Å². The van der Waals surface area contributed by atoms with Gasteiger partial charge in [-0.15, -0.1) is 0 Å². The number of methoxy groups -OCH3 is 1. The van der Waals surface area contributed by atoms with Crippen LogP contribution in [-0.2, 0) is 16.1 Å². The lowest BCUT2D eigenvalue weighted by Crippen LogP contribution is -2.54. The van der Waals surface area contributed by atoms with Crippen LogP contribution in [0, 0.1) is 0 Å². The Labute approximate surface area is 157 Å². The topological polar surface area (TPSA) is 49.9 Å². The normalized spacial score (nSPS) is 14.5. The van der Waals surface area contributed by atoms with Crippen LogP contribution >= 0.6 is 11.6 Å². The molecule has 5 nitrogen and oxygen atoms in total. The summed E-state index contributed by atoms with van der Waals surface area (Å²) in [6.07, 6.45) is 1.76. The molecule has 1 aliphatic heterocycles. The molecule has 0 atom stereocenters. The van der Waals surface area contributed by atoms with Crippen LogP contribution in [-0.4, -0.2) is 36.9 Å². The summed E-state index contributed by atoms with van der Waals surface area (Å²) in [5.41, 5.74) is 2.57. The zero-order chi connectivity index (χ0) is 18.7. The van der Waals surface area contributed by atoms with Crippen molar-refractivity contribution in [3.63, 3.8) is 0 Å². The summed E-state index contributed by atoms with van der Waals surface area (Å²) >= 11 is 6.13. The predicted octanol–water partition coefficient (Wildman–Crippen LogP) is 3.37. The SMILES string of the molecule is C=Cc1ccc(CN2CCN(c3ccc(OC)c(Cl)c3)C(=O)C2=O)cc1. The highest BCUT2D eigenvalue weighted by atomic mass is 35.5. The van der Waals surface area contributed by atoms with Crippen LogP contribution < -0.4 is 9.64 Å². The van der Waals surface area contributed by atoms with Crippen LogP contribution in [0.5, 0.6) is 5.75 Å². The third kappa shape index (κ3) is 3.58. The molecule has 0 radical (unpaired) electrons. The summed E-state index contributed by atoms with van der Waals surface area (Å²) in [5.74, 6) is -0.549. The van der Waals surface area contributed by atoms with Gasteiger partial charge >= 0.3 is 11.8 Å². The van der Waals surface area contributed by atoms with Crippen molar-refractivity contribution in [2.45, 2.75) is 6.54 Å². The van der Waals surface area contributed by atoms with Crippen molar-refractivity contribution in [2.75, 3.05) is 25.1 Å². The van der Waals surface area contributed by atoms with Gasteiger partial charge in [-0.2, -0.15) is 0 Å². The van der Waals surface area contributed by atoms with Gasteiger partial charge in [-0.3, -0.25) is 9.59 Å². The molecule has 1 aliphatic rings. The summed E-state index contributed by atoms with van der Waals surface area (Å²) in [4.78, 5) is 28.1. The quantitative estimate of drug-likeness (QED) is 0.758. The van der Waals surface area contributed by atoms with E-state index in [-0.39, 0.29) is 0 Å². The highest BCUT2D eigenvalue weighted by molar-refractivity contribution is 6.41. The van der Waals surface area contributed by atoms with Crippen LogP contribution in [0.1, 0.15) is 11.1 Å². The molecule has 1 saturated heterocycles. The lowest BCUT2D eigenvalue weighted by molar-refractivity contribution is -0.146. The Balaban J connectivity index is 1.72. The van der Waals surface area contributed by atoms with Gasteiger partial charge in [0.05, 0.1) is 12.1 Å². The highest BCUT2D eigenvalue weighted by Gasteiger charge is 2.33. The first-order valence-electron chi connectivity index (χ1n) is 8.19. The maximum atomic E-state index is 12.5. The molecule has 134 valence electrons. The molecule has 6 heteroatoms. The first-order valence-corrected chi connectivity index (χ1v) is 8.57. The third-order valence-electron chi connectivity index (χ3n) is 4.34. The molecule has 1 heterocycles. The van der Waals surface area contributed by atoms with Crippen LogP contribution in [0.4, 0.5) is 5.69 Å². The highest BCUT2D eigenvalue weighted by Crippen LogP contribution is 2.30. The number of carbonyl (C=O) groups excluding carboxylic acids is 2. The van der Waals surface area contributed by atoms with E-state index in [1.165, 1.54) is 12.0 Å². The molecule has 1 fully saturated rings. The first-order chi connectivity index (χ1) is 12.5. The van der Waals surface area contributed by atoms with Gasteiger partial charge in [0.25, 0.3) is 0 Å². The molecule has 0 aliphatic carbocycles. The molecule has 0 saturated carbocycles. The zero-order valence-electron chi connectivity index (χ0n) is 14.4. The lowest BCUT2D eigenvalue weighted by atomic mass is 10.1. The fourth-order valence-electron chi connectivity index (χ4n) is 2.87. The van der Waals surface area contributed by atoms with E-state index in [0.29, 0.717) is 36.1 Å². The average Bonchev–Trinajstić information content (AvgIpc) is 2.66. The van der Waals surface area contributed by atoms with Crippen molar-refractivity contribution in [1.82, 2.24) is 4.90 Å². The van der Waals surface area contributed by atoms with Gasteiger partial charge in [0.1, 0.15) is 5.75 Å². The number of anilines is 1. The minimum atomic E-state index is -0.555. The van der Waals surface area contributed by atoms with Gasteiger partial charge in [0, 0.05) is 25.3 Å². The minimum Gasteiger partial charge on any atom is -0.495 e. The van der Waals surface area contributed by atoms with E-state index in [2.05, 4.69) is 6.58 Å². The van der Waals surface area contributed by atoms with E-state index in [1.807, 2.05) is 24.3 Å². The van der Waals surface area contributed by atoms with Crippen LogP contribution in [0.2, 0.25) is 5.02 Å². The number of nitrogens with zero attached hydrogens (tertiary/aromatic N) is 2. The maximum Gasteiger partial charge on any atom is 0.316 e. The van der Waals surface area contributed by atoms with Crippen LogP contribution in [0.15, 0.2) is 49.0 Å². The average molecular weight is 371 g/mol. The summed E-state index contributed by atoms with van der Waals surface area (Å²) in [6, 6.07) is 12.8. The number of amides is 2. The van der Waals surface area contributed by atoms with Crippen LogP contribution in [0.25, 0.3) is 6.08 Å². The molecular formula is C20H19ClN2O3. The Hall–Kier alpha value is -2.79. The number of carbonyl (C=O) groups is 2. The molecular weight excluding hydrogens is 352 g/mol. The van der Waals surface area contributed by atoms with Gasteiger partial charge in [-0.25, -0.2) is 0 Å². The zero-order valence-corrected chi connectivity index (χ0v) is 15.2. The molecule has 2 aromatic carbocycles. The Morgan fingerprint density at radius 1 is 1.12 bits per heavy atom. The summed E-state index contributed by atoms with van der Waals surface area (Å²) < 4.78 is 5.12. The minimum absolute atomic E-state index is 0.398. The Morgan fingerprint density at radius 3 is 2.46 bits per heavy atom. The van der Waals surface area contributed by atoms with E-state index in [9.17, 15) is 9.59 Å². The molecule has 2 amide bonds. The number of benzene rings is 2. The monoisotopic (exact) mass is 370 g/mol. The van der Waals surface area contributed by atoms with Crippen molar-refractivity contribution in [3.8, 4) is 5.75 Å². The summed E-state index contributed by atoms with van der Waals surface area (Å²) in [7, 11) is 1.52. The van der Waals surface area contributed by atoms with Crippen molar-refractivity contribution < 1.29 is 14.3 Å². The van der Waals surface area contributed by atoms with Gasteiger partial charge in [-0.1, -0.05) is 48.5 Å². The second-order valence-electron chi connectivity index (χ2n) is 5.95. The fraction of sp³-hybridized carbons (Fsp3) is 0.200. The van der Waals surface area contributed by atoms with E-state index in [1.54, 1.807) is 29.2 Å². The van der Waals surface area contributed by atoms with Crippen molar-refractivity contribution in [3.05, 3.63) is 65.2 Å². The van der Waals surface area contributed by atoms with Gasteiger partial charge in [0.15, 0.2) is 0 Å². The van der Waals surface area contributed by atoms with Crippen molar-refractivity contribution >= 4 is 35.2 Å². The molecule has 3 rings (SSSR count). The van der Waals surface area contributed by atoms with E-state index < -0.39 is 11.8 Å². The molecule has 0 bridgehead atoms. The summed E-state index contributed by atoms with van der Waals surface area (Å²) in [5, 5.41) is 0.398. The molecule has 0 N–H and O–H groups in total. The molecule has 0 aromatic heterocycles. The second-order valence-corrected chi connectivity index (χ2v) is 6.36. The number of ether oxygens (including phenoxy) is 1. The molecule has 0 spiro atoms. The fourth-order valence-corrected chi connectivity index (χ4v) is 3.13. The lowest BCUT2D eigenvalue weighted by Gasteiger charge is -2.34. The number of halogens is 1. The Morgan fingerprint density at radius 2 is 1.85 bits per heavy atom.